The van der Waals surface area contributed by atoms with Gasteiger partial charge < -0.3 is 16.0 Å². The van der Waals surface area contributed by atoms with Crippen molar-refractivity contribution in [3.63, 3.8) is 0 Å². The Hall–Kier alpha value is -3.16. The van der Waals surface area contributed by atoms with Crippen LogP contribution in [0.15, 0.2) is 36.7 Å². The third-order valence-corrected chi connectivity index (χ3v) is 4.72. The van der Waals surface area contributed by atoms with Gasteiger partial charge >= 0.3 is 0 Å². The van der Waals surface area contributed by atoms with E-state index in [4.69, 9.17) is 5.73 Å². The highest BCUT2D eigenvalue weighted by molar-refractivity contribution is 5.96. The van der Waals surface area contributed by atoms with E-state index in [1.807, 2.05) is 25.3 Å². The zero-order chi connectivity index (χ0) is 20.1. The van der Waals surface area contributed by atoms with Gasteiger partial charge in [-0.25, -0.2) is 0 Å². The first-order valence-electron chi connectivity index (χ1n) is 9.46. The molecule has 1 fully saturated rings. The van der Waals surface area contributed by atoms with Gasteiger partial charge in [-0.15, -0.1) is 0 Å². The number of nitrogens with two attached hydrogens (primary N) is 1. The van der Waals surface area contributed by atoms with E-state index in [1.165, 1.54) is 0 Å². The third-order valence-electron chi connectivity index (χ3n) is 4.72. The van der Waals surface area contributed by atoms with Gasteiger partial charge in [0.2, 0.25) is 11.8 Å². The number of aryl methyl sites for hydroxylation is 1. The Kier molecular flexibility index (Phi) is 6.08. The number of primary amides is 1. The van der Waals surface area contributed by atoms with Crippen molar-refractivity contribution in [1.29, 1.82) is 0 Å². The summed E-state index contributed by atoms with van der Waals surface area (Å²) in [5, 5.41) is 7.18. The molecule has 0 bridgehead atoms. The summed E-state index contributed by atoms with van der Waals surface area (Å²) in [4.78, 5) is 37.3. The molecule has 2 heterocycles. The summed E-state index contributed by atoms with van der Waals surface area (Å²) < 4.78 is 1.65. The van der Waals surface area contributed by atoms with Crippen molar-refractivity contribution in [3.05, 3.63) is 42.2 Å². The normalized spacial score (nSPS) is 16.4. The van der Waals surface area contributed by atoms with Crippen LogP contribution in [0.25, 0.3) is 11.1 Å². The number of nitrogens with one attached hydrogen (secondary N) is 1. The molecule has 0 unspecified atom stereocenters. The van der Waals surface area contributed by atoms with Crippen molar-refractivity contribution in [3.8, 4) is 11.1 Å². The standard InChI is InChI=1S/C20H25N5O3/c1-2-7-24-13-17(10-19(24)27)23-20(28)15-5-3-4-14(9-15)16-11-22-25(12-16)8-6-18(21)26/h3-5,9,11-12,17H,2,6-8,10,13H2,1H3,(H2,21,26)(H,23,28)/t17-/m0/s1. The summed E-state index contributed by atoms with van der Waals surface area (Å²) in [6, 6.07) is 7.09. The maximum Gasteiger partial charge on any atom is 0.251 e. The molecule has 8 nitrogen and oxygen atoms in total. The number of hydrogen-bond acceptors (Lipinski definition) is 4. The van der Waals surface area contributed by atoms with Crippen molar-refractivity contribution < 1.29 is 14.4 Å². The van der Waals surface area contributed by atoms with Crippen molar-refractivity contribution in [2.75, 3.05) is 13.1 Å². The lowest BCUT2D eigenvalue weighted by Gasteiger charge is -2.16. The molecule has 1 aliphatic heterocycles. The van der Waals surface area contributed by atoms with E-state index in [-0.39, 0.29) is 30.2 Å². The molecule has 1 aromatic heterocycles. The predicted molar refractivity (Wildman–Crippen MR) is 104 cm³/mol. The number of rotatable bonds is 8. The van der Waals surface area contributed by atoms with Crippen molar-refractivity contribution in [2.24, 2.45) is 5.73 Å². The average molecular weight is 383 g/mol. The molecule has 1 aromatic carbocycles. The molecule has 28 heavy (non-hydrogen) atoms. The highest BCUT2D eigenvalue weighted by Gasteiger charge is 2.30. The van der Waals surface area contributed by atoms with Crippen LogP contribution in [0.2, 0.25) is 0 Å². The van der Waals surface area contributed by atoms with E-state index in [9.17, 15) is 14.4 Å². The zero-order valence-corrected chi connectivity index (χ0v) is 15.9. The van der Waals surface area contributed by atoms with Crippen LogP contribution in [0.1, 0.15) is 36.5 Å². The van der Waals surface area contributed by atoms with E-state index in [0.717, 1.165) is 24.1 Å². The number of nitrogens with zero attached hydrogens (tertiary/aromatic N) is 3. The van der Waals surface area contributed by atoms with E-state index < -0.39 is 0 Å². The quantitative estimate of drug-likeness (QED) is 0.713. The second kappa shape index (κ2) is 8.69. The van der Waals surface area contributed by atoms with Gasteiger partial charge in [0.1, 0.15) is 0 Å². The van der Waals surface area contributed by atoms with Crippen LogP contribution in [0, 0.1) is 0 Å². The van der Waals surface area contributed by atoms with E-state index in [0.29, 0.717) is 25.1 Å². The largest absolute Gasteiger partial charge is 0.370 e. The van der Waals surface area contributed by atoms with E-state index >= 15 is 0 Å². The SMILES string of the molecule is CCCN1C[C@@H](NC(=O)c2cccc(-c3cnn(CCC(N)=O)c3)c2)CC1=O. The molecule has 0 radical (unpaired) electrons. The number of amides is 3. The highest BCUT2D eigenvalue weighted by atomic mass is 16.2. The van der Waals surface area contributed by atoms with Crippen LogP contribution in [0.3, 0.4) is 0 Å². The molecule has 1 aliphatic rings. The smallest absolute Gasteiger partial charge is 0.251 e. The van der Waals surface area contributed by atoms with Crippen molar-refractivity contribution in [2.45, 2.75) is 38.8 Å². The Morgan fingerprint density at radius 3 is 2.86 bits per heavy atom. The highest BCUT2D eigenvalue weighted by Crippen LogP contribution is 2.20. The van der Waals surface area contributed by atoms with Crippen LogP contribution in [0.5, 0.6) is 0 Å². The molecular weight excluding hydrogens is 358 g/mol. The molecular formula is C20H25N5O3. The molecule has 2 aromatic rings. The summed E-state index contributed by atoms with van der Waals surface area (Å²) in [6.07, 6.45) is 4.98. The molecule has 0 spiro atoms. The number of benzene rings is 1. The first-order chi connectivity index (χ1) is 13.5. The Labute approximate surface area is 163 Å². The summed E-state index contributed by atoms with van der Waals surface area (Å²) in [6.45, 7) is 3.73. The monoisotopic (exact) mass is 383 g/mol. The lowest BCUT2D eigenvalue weighted by atomic mass is 10.1. The maximum absolute atomic E-state index is 12.6. The second-order valence-electron chi connectivity index (χ2n) is 7.00. The van der Waals surface area contributed by atoms with Gasteiger partial charge in [-0.2, -0.15) is 5.10 Å². The van der Waals surface area contributed by atoms with E-state index in [2.05, 4.69) is 10.4 Å². The Balaban J connectivity index is 1.65. The minimum atomic E-state index is -0.376. The third kappa shape index (κ3) is 4.76. The topological polar surface area (TPSA) is 110 Å². The van der Waals surface area contributed by atoms with Crippen molar-refractivity contribution in [1.82, 2.24) is 20.0 Å². The average Bonchev–Trinajstić information content (AvgIpc) is 3.27. The van der Waals surface area contributed by atoms with Gasteiger partial charge in [0, 0.05) is 49.8 Å². The first kappa shape index (κ1) is 19.6. The molecule has 148 valence electrons. The summed E-state index contributed by atoms with van der Waals surface area (Å²) in [5.74, 6) is -0.484. The lowest BCUT2D eigenvalue weighted by Crippen LogP contribution is -2.37. The number of likely N-dealkylation sites (tertiary alicyclic amines) is 1. The van der Waals surface area contributed by atoms with Crippen LogP contribution in [-0.4, -0.2) is 51.5 Å². The summed E-state index contributed by atoms with van der Waals surface area (Å²) in [7, 11) is 0. The van der Waals surface area contributed by atoms with Crippen LogP contribution >= 0.6 is 0 Å². The molecule has 3 rings (SSSR count). The van der Waals surface area contributed by atoms with Gasteiger partial charge in [-0.05, 0) is 24.1 Å². The second-order valence-corrected chi connectivity index (χ2v) is 7.00. The van der Waals surface area contributed by atoms with Crippen LogP contribution in [0.4, 0.5) is 0 Å². The predicted octanol–water partition coefficient (Wildman–Crippen LogP) is 1.17. The van der Waals surface area contributed by atoms with Gasteiger partial charge in [0.15, 0.2) is 0 Å². The number of hydrogen-bond donors (Lipinski definition) is 2. The zero-order valence-electron chi connectivity index (χ0n) is 15.9. The number of aromatic nitrogens is 2. The summed E-state index contributed by atoms with van der Waals surface area (Å²) >= 11 is 0. The minimum absolute atomic E-state index is 0.0873. The molecule has 1 saturated heterocycles. The fourth-order valence-corrected chi connectivity index (χ4v) is 3.32. The lowest BCUT2D eigenvalue weighted by molar-refractivity contribution is -0.127. The Morgan fingerprint density at radius 2 is 2.11 bits per heavy atom. The van der Waals surface area contributed by atoms with Gasteiger partial charge in [0.05, 0.1) is 12.2 Å². The van der Waals surface area contributed by atoms with Gasteiger partial charge in [-0.1, -0.05) is 19.1 Å². The van der Waals surface area contributed by atoms with E-state index in [1.54, 1.807) is 27.9 Å². The molecule has 0 saturated carbocycles. The number of carbonyl (C=O) groups is 3. The van der Waals surface area contributed by atoms with Gasteiger partial charge in [0.25, 0.3) is 5.91 Å². The summed E-state index contributed by atoms with van der Waals surface area (Å²) in [5.41, 5.74) is 7.40. The Bertz CT molecular complexity index is 876. The maximum atomic E-state index is 12.6. The molecule has 8 heteroatoms. The molecule has 0 aliphatic carbocycles. The molecule has 3 amide bonds. The Morgan fingerprint density at radius 1 is 1.29 bits per heavy atom. The van der Waals surface area contributed by atoms with Crippen molar-refractivity contribution >= 4 is 17.7 Å². The first-order valence-corrected chi connectivity index (χ1v) is 9.46. The molecule has 1 atom stereocenters. The van der Waals surface area contributed by atoms with Crippen LogP contribution < -0.4 is 11.1 Å². The minimum Gasteiger partial charge on any atom is -0.370 e. The van der Waals surface area contributed by atoms with Gasteiger partial charge in [-0.3, -0.25) is 19.1 Å². The fourth-order valence-electron chi connectivity index (χ4n) is 3.32. The molecule has 3 N–H and O–H groups in total. The number of carbonyl (C=O) groups excluding carboxylic acids is 3. The fraction of sp³-hybridized carbons (Fsp3) is 0.400. The van der Waals surface area contributed by atoms with Crippen LogP contribution in [-0.2, 0) is 16.1 Å².